The van der Waals surface area contributed by atoms with E-state index in [9.17, 15) is 0 Å². The zero-order chi connectivity index (χ0) is 40.2. The van der Waals surface area contributed by atoms with Gasteiger partial charge in [-0.25, -0.2) is 0 Å². The minimum Gasteiger partial charge on any atom is -0.377 e. The third kappa shape index (κ3) is 4.57. The molecule has 0 unspecified atom stereocenters. The maximum atomic E-state index is 2.79. The molecule has 0 radical (unpaired) electrons. The van der Waals surface area contributed by atoms with Crippen LogP contribution in [0.3, 0.4) is 0 Å². The topological polar surface area (TPSA) is 11.4 Å². The van der Waals surface area contributed by atoms with Crippen LogP contribution in [0.1, 0.15) is 95.9 Å². The molecule has 4 aliphatic rings. The van der Waals surface area contributed by atoms with Gasteiger partial charge in [0.2, 0.25) is 0 Å². The quantitative estimate of drug-likeness (QED) is 0.162. The Morgan fingerprint density at radius 2 is 1.07 bits per heavy atom. The first-order valence-electron chi connectivity index (χ1n) is 22.0. The SMILES string of the molecule is CC(C)c1ccc(N2c3ccc4c5c3B(c3cccc6c3N5B(c3cc(C(C)C)ccc3-6)c3cc(C(C)C)ccc3-4)c3ccc4c(c32)c2ccccc2n4C(C)C)cc1. The van der Waals surface area contributed by atoms with Crippen LogP contribution < -0.4 is 37.0 Å². The molecule has 0 saturated carbocycles. The molecule has 0 aliphatic carbocycles. The monoisotopic (exact) mass is 761 g/mol. The molecule has 5 heteroatoms. The van der Waals surface area contributed by atoms with Crippen molar-refractivity contribution in [3.05, 3.63) is 144 Å². The molecule has 3 nitrogen and oxygen atoms in total. The molecule has 7 aromatic carbocycles. The van der Waals surface area contributed by atoms with Crippen LogP contribution in [0.25, 0.3) is 44.1 Å². The van der Waals surface area contributed by atoms with Gasteiger partial charge in [0.1, 0.15) is 0 Å². The fourth-order valence-corrected chi connectivity index (χ4v) is 11.5. The molecule has 286 valence electrons. The number of anilines is 5. The molecule has 0 saturated heterocycles. The summed E-state index contributed by atoms with van der Waals surface area (Å²) >= 11 is 0. The Morgan fingerprint density at radius 1 is 0.458 bits per heavy atom. The largest absolute Gasteiger partial charge is 0.377 e. The average Bonchev–Trinajstić information content (AvgIpc) is 3.59. The van der Waals surface area contributed by atoms with Crippen LogP contribution in [0.2, 0.25) is 0 Å². The van der Waals surface area contributed by atoms with Crippen molar-refractivity contribution in [3.63, 3.8) is 0 Å². The van der Waals surface area contributed by atoms with E-state index in [1.165, 1.54) is 117 Å². The molecule has 1 aromatic heterocycles. The molecule has 0 fully saturated rings. The Hall–Kier alpha value is -5.93. The second-order valence-corrected chi connectivity index (χ2v) is 18.8. The Balaban J connectivity index is 1.25. The predicted molar refractivity (Wildman–Crippen MR) is 256 cm³/mol. The minimum absolute atomic E-state index is 0.0616. The van der Waals surface area contributed by atoms with Gasteiger partial charge in [0.05, 0.1) is 11.2 Å². The summed E-state index contributed by atoms with van der Waals surface area (Å²) in [4.78, 5) is 5.43. The lowest BCUT2D eigenvalue weighted by Gasteiger charge is -2.51. The standard InChI is InChI=1S/C54H49B2N3/c1-30(2)34-16-20-37(21-17-34)58-49-26-24-41-39-23-19-36(32(5)6)29-46(39)56-45-28-35(31(3)4)18-22-38(45)40-13-11-14-43-52(40)59(56)53(41)51(49)55(43)44-25-27-48-50(54(44)58)42-12-9-10-15-47(42)57(48)33(7)8/h9-33H,1-8H3. The fraction of sp³-hybridized carbons (Fsp3) is 0.222. The van der Waals surface area contributed by atoms with Gasteiger partial charge in [-0.2, -0.15) is 0 Å². The number of nitrogens with zero attached hydrogens (tertiary/aromatic N) is 3. The predicted octanol–water partition coefficient (Wildman–Crippen LogP) is 11.3. The zero-order valence-electron chi connectivity index (χ0n) is 35.4. The number of benzene rings is 7. The summed E-state index contributed by atoms with van der Waals surface area (Å²) in [5, 5.41) is 2.65. The summed E-state index contributed by atoms with van der Waals surface area (Å²) in [5.74, 6) is 1.34. The van der Waals surface area contributed by atoms with Crippen molar-refractivity contribution in [2.24, 2.45) is 0 Å². The lowest BCUT2D eigenvalue weighted by atomic mass is 9.30. The van der Waals surface area contributed by atoms with Crippen molar-refractivity contribution in [1.82, 2.24) is 4.57 Å². The third-order valence-corrected chi connectivity index (χ3v) is 14.2. The van der Waals surface area contributed by atoms with Gasteiger partial charge in [-0.1, -0.05) is 139 Å². The van der Waals surface area contributed by atoms with E-state index >= 15 is 0 Å². The first-order valence-corrected chi connectivity index (χ1v) is 22.0. The Labute approximate surface area is 349 Å². The molecule has 0 spiro atoms. The van der Waals surface area contributed by atoms with E-state index in [-0.39, 0.29) is 13.6 Å². The second kappa shape index (κ2) is 12.3. The summed E-state index contributed by atoms with van der Waals surface area (Å²) in [6, 6.07) is 50.6. The molecule has 12 rings (SSSR count). The number of para-hydroxylation sites is 2. The smallest absolute Gasteiger partial charge is 0.329 e. The molecule has 4 aliphatic heterocycles. The normalized spacial score (nSPS) is 14.2. The molecular weight excluding hydrogens is 712 g/mol. The molecule has 59 heavy (non-hydrogen) atoms. The minimum atomic E-state index is 0.0616. The van der Waals surface area contributed by atoms with Crippen LogP contribution >= 0.6 is 0 Å². The zero-order valence-corrected chi connectivity index (χ0v) is 35.4. The average molecular weight is 762 g/mol. The van der Waals surface area contributed by atoms with Crippen molar-refractivity contribution < 1.29 is 0 Å². The van der Waals surface area contributed by atoms with Crippen LogP contribution in [-0.2, 0) is 0 Å². The van der Waals surface area contributed by atoms with Crippen LogP contribution in [0.15, 0.2) is 127 Å². The van der Waals surface area contributed by atoms with Gasteiger partial charge in [0, 0.05) is 56.2 Å². The first-order chi connectivity index (χ1) is 28.6. The molecule has 8 aromatic rings. The Morgan fingerprint density at radius 3 is 1.73 bits per heavy atom. The van der Waals surface area contributed by atoms with Gasteiger partial charge in [0.25, 0.3) is 6.71 Å². The van der Waals surface area contributed by atoms with E-state index in [0.29, 0.717) is 23.8 Å². The van der Waals surface area contributed by atoms with Crippen LogP contribution in [-0.4, -0.2) is 18.1 Å². The summed E-state index contributed by atoms with van der Waals surface area (Å²) in [7, 11) is 0. The van der Waals surface area contributed by atoms with Crippen molar-refractivity contribution >= 4 is 91.1 Å². The maximum Gasteiger partial charge on any atom is 0.329 e. The summed E-state index contributed by atoms with van der Waals surface area (Å²) in [6.07, 6.45) is 0. The highest BCUT2D eigenvalue weighted by atomic mass is 15.2. The molecule has 0 N–H and O–H groups in total. The number of fused-ring (bicyclic) bond motifs is 13. The highest BCUT2D eigenvalue weighted by molar-refractivity contribution is 7.03. The van der Waals surface area contributed by atoms with Crippen LogP contribution in [0.4, 0.5) is 28.4 Å². The molecule has 0 amide bonds. The summed E-state index contributed by atoms with van der Waals surface area (Å²) < 4.78 is 2.55. The number of rotatable bonds is 5. The van der Waals surface area contributed by atoms with Crippen molar-refractivity contribution in [2.45, 2.75) is 79.2 Å². The summed E-state index contributed by atoms with van der Waals surface area (Å²) in [5.41, 5.74) is 25.8. The van der Waals surface area contributed by atoms with Gasteiger partial charge >= 0.3 is 6.85 Å². The van der Waals surface area contributed by atoms with E-state index in [1.807, 2.05) is 0 Å². The van der Waals surface area contributed by atoms with Crippen molar-refractivity contribution in [1.29, 1.82) is 0 Å². The van der Waals surface area contributed by atoms with Crippen molar-refractivity contribution in [2.75, 3.05) is 9.71 Å². The highest BCUT2D eigenvalue weighted by Crippen LogP contribution is 2.52. The van der Waals surface area contributed by atoms with Gasteiger partial charge in [-0.3, -0.25) is 0 Å². The van der Waals surface area contributed by atoms with E-state index in [0.717, 1.165) is 0 Å². The summed E-state index contributed by atoms with van der Waals surface area (Å²) in [6.45, 7) is 18.7. The van der Waals surface area contributed by atoms with Gasteiger partial charge in [-0.15, -0.1) is 0 Å². The van der Waals surface area contributed by atoms with E-state index in [4.69, 9.17) is 0 Å². The van der Waals surface area contributed by atoms with Crippen molar-refractivity contribution in [3.8, 4) is 22.3 Å². The Kier molecular flexibility index (Phi) is 7.31. The third-order valence-electron chi connectivity index (χ3n) is 14.2. The highest BCUT2D eigenvalue weighted by Gasteiger charge is 2.52. The van der Waals surface area contributed by atoms with Gasteiger partial charge in [0.15, 0.2) is 0 Å². The lowest BCUT2D eigenvalue weighted by molar-refractivity contribution is 0.642. The molecule has 0 atom stereocenters. The van der Waals surface area contributed by atoms with E-state index < -0.39 is 0 Å². The fourth-order valence-electron chi connectivity index (χ4n) is 11.5. The van der Waals surface area contributed by atoms with Crippen LogP contribution in [0.5, 0.6) is 0 Å². The molecule has 5 heterocycles. The Bertz CT molecular complexity index is 3100. The number of aromatic nitrogens is 1. The number of hydrogen-bond donors (Lipinski definition) is 0. The first kappa shape index (κ1) is 35.1. The number of hydrogen-bond acceptors (Lipinski definition) is 2. The molecular formula is C54H49B2N3. The van der Waals surface area contributed by atoms with Crippen LogP contribution in [0, 0.1) is 0 Å². The van der Waals surface area contributed by atoms with Gasteiger partial charge < -0.3 is 14.3 Å². The second-order valence-electron chi connectivity index (χ2n) is 18.8. The van der Waals surface area contributed by atoms with E-state index in [2.05, 4.69) is 197 Å². The van der Waals surface area contributed by atoms with Gasteiger partial charge in [-0.05, 0) is 117 Å². The van der Waals surface area contributed by atoms with E-state index in [1.54, 1.807) is 0 Å². The molecule has 0 bridgehead atoms. The maximum absolute atomic E-state index is 2.79. The lowest BCUT2D eigenvalue weighted by Crippen LogP contribution is -2.69.